The molecule has 1 aliphatic rings. The lowest BCUT2D eigenvalue weighted by molar-refractivity contribution is -0.189. The van der Waals surface area contributed by atoms with Gasteiger partial charge in [-0.3, -0.25) is 0 Å². The molecular weight excluding hydrogens is 492 g/mol. The monoisotopic (exact) mass is 526 g/mol. The standard InChI is InChI=1S/C32H34F4O2/c1-3-5-7-9-23-15-16-25(30(34)29(23)33)21-11-13-22(14-12-21)26-17-18-27(32(36)31(26)35)24-19-37-28(38-20-24)10-8-6-4-2/h4,6,11-18,24,28H,3,5,7-10,19-20H2,1-2H3/b6-4+. The Kier molecular flexibility index (Phi) is 9.75. The summed E-state index contributed by atoms with van der Waals surface area (Å²) in [5.74, 6) is -4.01. The Hall–Kier alpha value is -2.96. The Morgan fingerprint density at radius 3 is 1.97 bits per heavy atom. The van der Waals surface area contributed by atoms with Crippen LogP contribution in [0.2, 0.25) is 0 Å². The maximum absolute atomic E-state index is 15.1. The second kappa shape index (κ2) is 13.2. The Morgan fingerprint density at radius 2 is 1.37 bits per heavy atom. The van der Waals surface area contributed by atoms with Gasteiger partial charge >= 0.3 is 0 Å². The largest absolute Gasteiger partial charge is 0.352 e. The van der Waals surface area contributed by atoms with Crippen molar-refractivity contribution in [2.75, 3.05) is 13.2 Å². The number of hydrogen-bond acceptors (Lipinski definition) is 2. The van der Waals surface area contributed by atoms with E-state index in [0.717, 1.165) is 25.7 Å². The third-order valence-electron chi connectivity index (χ3n) is 7.04. The zero-order valence-electron chi connectivity index (χ0n) is 21.9. The molecule has 0 radical (unpaired) electrons. The van der Waals surface area contributed by atoms with Gasteiger partial charge in [-0.2, -0.15) is 0 Å². The highest BCUT2D eigenvalue weighted by Gasteiger charge is 2.27. The summed E-state index contributed by atoms with van der Waals surface area (Å²) in [7, 11) is 0. The zero-order chi connectivity index (χ0) is 27.1. The van der Waals surface area contributed by atoms with Gasteiger partial charge in [-0.25, -0.2) is 17.6 Å². The summed E-state index contributed by atoms with van der Waals surface area (Å²) >= 11 is 0. The Bertz CT molecular complexity index is 1250. The fourth-order valence-electron chi connectivity index (χ4n) is 4.79. The van der Waals surface area contributed by atoms with Crippen molar-refractivity contribution in [3.63, 3.8) is 0 Å². The molecule has 0 bridgehead atoms. The van der Waals surface area contributed by atoms with E-state index in [1.165, 1.54) is 6.07 Å². The van der Waals surface area contributed by atoms with Crippen LogP contribution in [0, 0.1) is 23.3 Å². The molecule has 0 atom stereocenters. The molecule has 2 nitrogen and oxygen atoms in total. The number of aryl methyl sites for hydroxylation is 1. The number of rotatable bonds is 10. The average molecular weight is 527 g/mol. The van der Waals surface area contributed by atoms with Gasteiger partial charge in [0, 0.05) is 23.5 Å². The van der Waals surface area contributed by atoms with Crippen LogP contribution in [0.3, 0.4) is 0 Å². The van der Waals surface area contributed by atoms with Gasteiger partial charge in [-0.05, 0) is 48.4 Å². The van der Waals surface area contributed by atoms with Gasteiger partial charge in [0.05, 0.1) is 13.2 Å². The third-order valence-corrected chi connectivity index (χ3v) is 7.04. The zero-order valence-corrected chi connectivity index (χ0v) is 21.9. The third kappa shape index (κ3) is 6.36. The molecule has 0 spiro atoms. The number of unbranched alkanes of at least 4 members (excludes halogenated alkanes) is 2. The maximum Gasteiger partial charge on any atom is 0.166 e. The first-order valence-corrected chi connectivity index (χ1v) is 13.3. The minimum absolute atomic E-state index is 0.0950. The summed E-state index contributed by atoms with van der Waals surface area (Å²) in [6, 6.07) is 12.6. The van der Waals surface area contributed by atoms with E-state index in [1.54, 1.807) is 42.5 Å². The summed E-state index contributed by atoms with van der Waals surface area (Å²) < 4.78 is 71.0. The lowest BCUT2D eigenvalue weighted by Gasteiger charge is -2.30. The van der Waals surface area contributed by atoms with Crippen LogP contribution in [0.1, 0.15) is 63.0 Å². The van der Waals surface area contributed by atoms with Crippen molar-refractivity contribution in [1.82, 2.24) is 0 Å². The molecule has 1 aliphatic heterocycles. The molecule has 0 amide bonds. The van der Waals surface area contributed by atoms with Crippen molar-refractivity contribution in [2.45, 2.75) is 64.6 Å². The molecule has 0 aromatic heterocycles. The van der Waals surface area contributed by atoms with Gasteiger partial charge in [0.2, 0.25) is 0 Å². The molecule has 38 heavy (non-hydrogen) atoms. The molecule has 4 rings (SSSR count). The Morgan fingerprint density at radius 1 is 0.763 bits per heavy atom. The lowest BCUT2D eigenvalue weighted by Crippen LogP contribution is -2.31. The van der Waals surface area contributed by atoms with E-state index in [-0.39, 0.29) is 36.2 Å². The van der Waals surface area contributed by atoms with Gasteiger partial charge in [-0.15, -0.1) is 0 Å². The first-order valence-electron chi connectivity index (χ1n) is 13.3. The van der Waals surface area contributed by atoms with E-state index < -0.39 is 29.2 Å². The van der Waals surface area contributed by atoms with Crippen molar-refractivity contribution in [3.05, 3.63) is 95.1 Å². The van der Waals surface area contributed by atoms with Crippen LogP contribution in [0.25, 0.3) is 22.3 Å². The number of hydrogen-bond donors (Lipinski definition) is 0. The molecule has 1 fully saturated rings. The Balaban J connectivity index is 1.48. The first kappa shape index (κ1) is 28.1. The van der Waals surface area contributed by atoms with Crippen LogP contribution < -0.4 is 0 Å². The SMILES string of the molecule is C/C=C/CCC1OCC(c2ccc(-c3ccc(-c4ccc(CCCCC)c(F)c4F)cc3)c(F)c2F)CO1. The summed E-state index contributed by atoms with van der Waals surface area (Å²) in [5, 5.41) is 0. The highest BCUT2D eigenvalue weighted by Crippen LogP contribution is 2.34. The Labute approximate surface area is 222 Å². The topological polar surface area (TPSA) is 18.5 Å². The number of allylic oxidation sites excluding steroid dienone is 2. The molecule has 3 aromatic carbocycles. The highest BCUT2D eigenvalue weighted by molar-refractivity contribution is 5.71. The average Bonchev–Trinajstić information content (AvgIpc) is 2.94. The fraction of sp³-hybridized carbons (Fsp3) is 0.375. The van der Waals surface area contributed by atoms with Gasteiger partial charge < -0.3 is 9.47 Å². The summed E-state index contributed by atoms with van der Waals surface area (Å²) in [5.41, 5.74) is 1.71. The van der Waals surface area contributed by atoms with Crippen molar-refractivity contribution >= 4 is 0 Å². The van der Waals surface area contributed by atoms with Crippen LogP contribution in [0.4, 0.5) is 17.6 Å². The van der Waals surface area contributed by atoms with Crippen LogP contribution in [-0.2, 0) is 15.9 Å². The van der Waals surface area contributed by atoms with Gasteiger partial charge in [0.1, 0.15) is 0 Å². The molecule has 0 aliphatic carbocycles. The molecule has 1 heterocycles. The van der Waals surface area contributed by atoms with Crippen molar-refractivity contribution in [3.8, 4) is 22.3 Å². The molecule has 6 heteroatoms. The predicted octanol–water partition coefficient (Wildman–Crippen LogP) is 9.12. The number of ether oxygens (including phenoxy) is 2. The van der Waals surface area contributed by atoms with E-state index >= 15 is 8.78 Å². The number of benzene rings is 3. The van der Waals surface area contributed by atoms with Crippen LogP contribution in [0.15, 0.2) is 60.7 Å². The smallest absolute Gasteiger partial charge is 0.166 e. The van der Waals surface area contributed by atoms with Crippen LogP contribution in [0.5, 0.6) is 0 Å². The van der Waals surface area contributed by atoms with Crippen LogP contribution in [-0.4, -0.2) is 19.5 Å². The van der Waals surface area contributed by atoms with E-state index in [2.05, 4.69) is 6.92 Å². The molecule has 0 N–H and O–H groups in total. The van der Waals surface area contributed by atoms with Crippen molar-refractivity contribution < 1.29 is 27.0 Å². The molecule has 0 saturated carbocycles. The van der Waals surface area contributed by atoms with E-state index in [0.29, 0.717) is 29.5 Å². The number of halogens is 4. The molecule has 3 aromatic rings. The predicted molar refractivity (Wildman–Crippen MR) is 143 cm³/mol. The van der Waals surface area contributed by atoms with Gasteiger partial charge in [0.15, 0.2) is 29.6 Å². The van der Waals surface area contributed by atoms with E-state index in [9.17, 15) is 8.78 Å². The van der Waals surface area contributed by atoms with Gasteiger partial charge in [-0.1, -0.05) is 80.4 Å². The molecule has 202 valence electrons. The minimum Gasteiger partial charge on any atom is -0.352 e. The second-order valence-electron chi connectivity index (χ2n) is 9.70. The molecule has 0 unspecified atom stereocenters. The van der Waals surface area contributed by atoms with E-state index in [1.807, 2.05) is 19.1 Å². The quantitative estimate of drug-likeness (QED) is 0.149. The maximum atomic E-state index is 15.1. The summed E-state index contributed by atoms with van der Waals surface area (Å²) in [4.78, 5) is 0. The minimum atomic E-state index is -0.959. The summed E-state index contributed by atoms with van der Waals surface area (Å²) in [6.45, 7) is 4.51. The van der Waals surface area contributed by atoms with Crippen molar-refractivity contribution in [2.24, 2.45) is 0 Å². The first-order chi connectivity index (χ1) is 18.4. The van der Waals surface area contributed by atoms with E-state index in [4.69, 9.17) is 9.47 Å². The molecular formula is C32H34F4O2. The van der Waals surface area contributed by atoms with Crippen LogP contribution >= 0.6 is 0 Å². The summed E-state index contributed by atoms with van der Waals surface area (Å²) in [6.07, 6.45) is 8.45. The van der Waals surface area contributed by atoms with Gasteiger partial charge in [0.25, 0.3) is 0 Å². The molecule has 1 saturated heterocycles. The fourth-order valence-corrected chi connectivity index (χ4v) is 4.79. The highest BCUT2D eigenvalue weighted by atomic mass is 19.2. The normalized spacial score (nSPS) is 17.8. The lowest BCUT2D eigenvalue weighted by atomic mass is 9.94. The second-order valence-corrected chi connectivity index (χ2v) is 9.70. The van der Waals surface area contributed by atoms with Crippen molar-refractivity contribution in [1.29, 1.82) is 0 Å².